The second-order valence-electron chi connectivity index (χ2n) is 8.36. The molecule has 2 heterocycles. The van der Waals surface area contributed by atoms with Crippen LogP contribution in [0.2, 0.25) is 0 Å². The number of ether oxygens (including phenoxy) is 1. The van der Waals surface area contributed by atoms with E-state index >= 15 is 0 Å². The second-order valence-corrected chi connectivity index (χ2v) is 8.36. The molecule has 0 unspecified atom stereocenters. The van der Waals surface area contributed by atoms with Crippen molar-refractivity contribution in [2.75, 3.05) is 6.61 Å². The van der Waals surface area contributed by atoms with E-state index in [0.29, 0.717) is 19.6 Å². The number of nitrogens with one attached hydrogen (secondary N) is 2. The first kappa shape index (κ1) is 20.0. The Balaban J connectivity index is 1.27. The van der Waals surface area contributed by atoms with Crippen molar-refractivity contribution >= 4 is 10.9 Å². The summed E-state index contributed by atoms with van der Waals surface area (Å²) in [5, 5.41) is 15.7. The quantitative estimate of drug-likeness (QED) is 0.434. The van der Waals surface area contributed by atoms with Crippen molar-refractivity contribution in [1.29, 1.82) is 0 Å². The number of aliphatic hydroxyl groups excluding tert-OH is 1. The molecular formula is C27H28N2O2. The van der Waals surface area contributed by atoms with Gasteiger partial charge in [0.05, 0.1) is 24.9 Å². The average Bonchev–Trinajstić information content (AvgIpc) is 3.28. The Morgan fingerprint density at radius 3 is 2.32 bits per heavy atom. The molecule has 1 aliphatic heterocycles. The average molecular weight is 413 g/mol. The van der Waals surface area contributed by atoms with Gasteiger partial charge < -0.3 is 20.1 Å². The topological polar surface area (TPSA) is 57.3 Å². The van der Waals surface area contributed by atoms with Gasteiger partial charge in [0, 0.05) is 30.6 Å². The molecule has 0 aliphatic carbocycles. The van der Waals surface area contributed by atoms with Crippen molar-refractivity contribution < 1.29 is 9.84 Å². The summed E-state index contributed by atoms with van der Waals surface area (Å²) in [5.74, 6) is 0.106. The zero-order valence-electron chi connectivity index (χ0n) is 17.4. The fourth-order valence-electron chi connectivity index (χ4n) is 4.64. The predicted molar refractivity (Wildman–Crippen MR) is 124 cm³/mol. The number of aromatic amines is 1. The number of hydrogen-bond donors (Lipinski definition) is 3. The molecule has 4 aromatic rings. The van der Waals surface area contributed by atoms with Crippen LogP contribution in [0.15, 0.2) is 91.1 Å². The molecule has 3 atom stereocenters. The highest BCUT2D eigenvalue weighted by molar-refractivity contribution is 5.79. The van der Waals surface area contributed by atoms with Gasteiger partial charge in [0.15, 0.2) is 0 Å². The Morgan fingerprint density at radius 2 is 1.65 bits per heavy atom. The molecule has 5 rings (SSSR count). The van der Waals surface area contributed by atoms with Crippen molar-refractivity contribution in [3.63, 3.8) is 0 Å². The van der Waals surface area contributed by atoms with Crippen LogP contribution in [0.5, 0.6) is 0 Å². The highest BCUT2D eigenvalue weighted by Gasteiger charge is 2.35. The minimum atomic E-state index is -0.454. The van der Waals surface area contributed by atoms with E-state index in [-0.39, 0.29) is 18.1 Å². The van der Waals surface area contributed by atoms with Crippen LogP contribution in [0.1, 0.15) is 29.0 Å². The number of aliphatic hydroxyl groups is 1. The monoisotopic (exact) mass is 412 g/mol. The molecule has 1 fully saturated rings. The summed E-state index contributed by atoms with van der Waals surface area (Å²) in [6.45, 7) is 1.20. The summed E-state index contributed by atoms with van der Waals surface area (Å²) in [6, 6.07) is 29.3. The van der Waals surface area contributed by atoms with E-state index in [0.717, 1.165) is 5.52 Å². The van der Waals surface area contributed by atoms with Crippen molar-refractivity contribution in [3.8, 4) is 0 Å². The van der Waals surface area contributed by atoms with E-state index in [1.165, 1.54) is 22.1 Å². The Hall–Kier alpha value is -2.92. The van der Waals surface area contributed by atoms with Gasteiger partial charge in [0.25, 0.3) is 0 Å². The van der Waals surface area contributed by atoms with Crippen molar-refractivity contribution in [2.45, 2.75) is 37.1 Å². The molecule has 4 nitrogen and oxygen atoms in total. The molecule has 0 bridgehead atoms. The standard InChI is InChI=1S/C27H28N2O2/c30-25-16-26(27(20-7-3-1-4-8-20)21-9-5-2-6-10-21)31-18-24(25)29-17-19-11-12-23-22(15-19)13-14-28-23/h1-15,24-30H,16-18H2/t24-,25-,26-/m0/s1. The van der Waals surface area contributed by atoms with Crippen molar-refractivity contribution in [3.05, 3.63) is 108 Å². The van der Waals surface area contributed by atoms with E-state index in [1.807, 2.05) is 18.3 Å². The third kappa shape index (κ3) is 4.42. The molecule has 3 N–H and O–H groups in total. The lowest BCUT2D eigenvalue weighted by atomic mass is 9.82. The first-order valence-corrected chi connectivity index (χ1v) is 11.0. The summed E-state index contributed by atoms with van der Waals surface area (Å²) < 4.78 is 6.35. The smallest absolute Gasteiger partial charge is 0.0740 e. The lowest BCUT2D eigenvalue weighted by Crippen LogP contribution is -2.50. The van der Waals surface area contributed by atoms with Gasteiger partial charge in [0.1, 0.15) is 0 Å². The lowest BCUT2D eigenvalue weighted by molar-refractivity contribution is -0.0718. The van der Waals surface area contributed by atoms with E-state index < -0.39 is 6.10 Å². The number of fused-ring (bicyclic) bond motifs is 1. The largest absolute Gasteiger partial charge is 0.391 e. The number of H-pyrrole nitrogens is 1. The third-order valence-electron chi connectivity index (χ3n) is 6.30. The van der Waals surface area contributed by atoms with Gasteiger partial charge >= 0.3 is 0 Å². The minimum absolute atomic E-state index is 0.0611. The number of rotatable bonds is 6. The van der Waals surface area contributed by atoms with Crippen LogP contribution in [0.25, 0.3) is 10.9 Å². The van der Waals surface area contributed by atoms with Crippen LogP contribution in [0.4, 0.5) is 0 Å². The Morgan fingerprint density at radius 1 is 0.935 bits per heavy atom. The van der Waals surface area contributed by atoms with Gasteiger partial charge in [-0.1, -0.05) is 66.7 Å². The summed E-state index contributed by atoms with van der Waals surface area (Å²) in [4.78, 5) is 3.22. The first-order chi connectivity index (χ1) is 15.3. The molecular weight excluding hydrogens is 384 g/mol. The first-order valence-electron chi connectivity index (χ1n) is 11.0. The van der Waals surface area contributed by atoms with Gasteiger partial charge in [-0.15, -0.1) is 0 Å². The normalized spacial score (nSPS) is 21.5. The molecule has 0 amide bonds. The maximum absolute atomic E-state index is 11.0. The molecule has 158 valence electrons. The maximum Gasteiger partial charge on any atom is 0.0740 e. The Kier molecular flexibility index (Phi) is 5.85. The number of hydrogen-bond acceptors (Lipinski definition) is 3. The Labute approximate surface area is 182 Å². The molecule has 1 saturated heterocycles. The predicted octanol–water partition coefficient (Wildman–Crippen LogP) is 4.61. The number of benzene rings is 3. The van der Waals surface area contributed by atoms with Gasteiger partial charge in [-0.3, -0.25) is 0 Å². The third-order valence-corrected chi connectivity index (χ3v) is 6.30. The lowest BCUT2D eigenvalue weighted by Gasteiger charge is -2.38. The van der Waals surface area contributed by atoms with Gasteiger partial charge in [-0.05, 0) is 40.3 Å². The van der Waals surface area contributed by atoms with Crippen molar-refractivity contribution in [2.24, 2.45) is 0 Å². The van der Waals surface area contributed by atoms with Crippen LogP contribution in [0, 0.1) is 0 Å². The summed E-state index contributed by atoms with van der Waals surface area (Å²) in [7, 11) is 0. The molecule has 0 radical (unpaired) electrons. The van der Waals surface area contributed by atoms with Crippen LogP contribution < -0.4 is 5.32 Å². The molecule has 31 heavy (non-hydrogen) atoms. The van der Waals surface area contributed by atoms with Gasteiger partial charge in [0.2, 0.25) is 0 Å². The molecule has 3 aromatic carbocycles. The fourth-order valence-corrected chi connectivity index (χ4v) is 4.64. The number of aromatic nitrogens is 1. The van der Waals surface area contributed by atoms with Crippen molar-refractivity contribution in [1.82, 2.24) is 10.3 Å². The zero-order valence-corrected chi connectivity index (χ0v) is 17.4. The van der Waals surface area contributed by atoms with Crippen LogP contribution >= 0.6 is 0 Å². The van der Waals surface area contributed by atoms with E-state index in [9.17, 15) is 5.11 Å². The summed E-state index contributed by atoms with van der Waals surface area (Å²) in [6.07, 6.45) is 2.04. The van der Waals surface area contributed by atoms with Crippen LogP contribution in [0.3, 0.4) is 0 Å². The molecule has 4 heteroatoms. The highest BCUT2D eigenvalue weighted by atomic mass is 16.5. The fraction of sp³-hybridized carbons (Fsp3) is 0.259. The molecule has 1 aliphatic rings. The molecule has 1 aromatic heterocycles. The van der Waals surface area contributed by atoms with Crippen LogP contribution in [-0.2, 0) is 11.3 Å². The SMILES string of the molecule is O[C@H]1C[C@@H](C(c2ccccc2)c2ccccc2)OC[C@@H]1NCc1ccc2[nH]ccc2c1. The second kappa shape index (κ2) is 9.06. The summed E-state index contributed by atoms with van der Waals surface area (Å²) in [5.41, 5.74) is 4.78. The zero-order chi connectivity index (χ0) is 21.0. The van der Waals surface area contributed by atoms with E-state index in [1.54, 1.807) is 0 Å². The summed E-state index contributed by atoms with van der Waals surface area (Å²) >= 11 is 0. The van der Waals surface area contributed by atoms with Gasteiger partial charge in [-0.25, -0.2) is 0 Å². The molecule has 0 spiro atoms. The van der Waals surface area contributed by atoms with E-state index in [4.69, 9.17) is 4.74 Å². The van der Waals surface area contributed by atoms with E-state index in [2.05, 4.69) is 83.1 Å². The minimum Gasteiger partial charge on any atom is -0.391 e. The molecule has 0 saturated carbocycles. The van der Waals surface area contributed by atoms with Gasteiger partial charge in [-0.2, -0.15) is 0 Å². The Bertz CT molecular complexity index is 1070. The van der Waals surface area contributed by atoms with Crippen LogP contribution in [-0.4, -0.2) is 34.9 Å². The maximum atomic E-state index is 11.0. The highest BCUT2D eigenvalue weighted by Crippen LogP contribution is 2.34.